The normalized spacial score (nSPS) is 24.3. The molecule has 4 aliphatic carbocycles. The van der Waals surface area contributed by atoms with E-state index in [1.165, 1.54) is 44.6 Å². The van der Waals surface area contributed by atoms with Crippen LogP contribution in [0.2, 0.25) is 0 Å². The molecule has 1 amide bonds. The SMILES string of the molecule is CC1(C)C(=O)N(c2ccc(C#N)c(C(F)(F)F)c2)C(=S)N1Cc1ccc(OCCOCCOCCOCCOC(=O)CC23CC4CC(CC(C4)C2)C3)cc1. The predicted octanol–water partition coefficient (Wildman–Crippen LogP) is 7.07. The van der Waals surface area contributed by atoms with E-state index < -0.39 is 28.7 Å². The van der Waals surface area contributed by atoms with Gasteiger partial charge in [0.05, 0.1) is 68.9 Å². The first-order chi connectivity index (χ1) is 25.8. The van der Waals surface area contributed by atoms with Crippen LogP contribution in [0.4, 0.5) is 18.9 Å². The van der Waals surface area contributed by atoms with E-state index in [0.717, 1.165) is 40.3 Å². The van der Waals surface area contributed by atoms with Gasteiger partial charge in [-0.1, -0.05) is 12.1 Å². The molecule has 10 nitrogen and oxygen atoms in total. The van der Waals surface area contributed by atoms with Gasteiger partial charge in [0.15, 0.2) is 5.11 Å². The summed E-state index contributed by atoms with van der Waals surface area (Å²) >= 11 is 5.59. The number of esters is 1. The lowest BCUT2D eigenvalue weighted by atomic mass is 9.49. The molecule has 54 heavy (non-hydrogen) atoms. The quantitative estimate of drug-likeness (QED) is 0.0887. The molecule has 0 aromatic heterocycles. The molecule has 0 radical (unpaired) electrons. The van der Waals surface area contributed by atoms with Gasteiger partial charge in [-0.3, -0.25) is 14.5 Å². The molecule has 0 atom stereocenters. The molecule has 1 aliphatic heterocycles. The number of benzene rings is 2. The smallest absolute Gasteiger partial charge is 0.417 e. The number of carbonyl (C=O) groups excluding carboxylic acids is 2. The summed E-state index contributed by atoms with van der Waals surface area (Å²) in [7, 11) is 0. The van der Waals surface area contributed by atoms with Crippen LogP contribution in [0.3, 0.4) is 0 Å². The summed E-state index contributed by atoms with van der Waals surface area (Å²) in [5.74, 6) is 2.52. The van der Waals surface area contributed by atoms with Crippen LogP contribution < -0.4 is 9.64 Å². The second kappa shape index (κ2) is 16.9. The van der Waals surface area contributed by atoms with Crippen molar-refractivity contribution in [3.05, 3.63) is 59.2 Å². The fourth-order valence-electron chi connectivity index (χ4n) is 9.04. The lowest BCUT2D eigenvalue weighted by Gasteiger charge is -2.56. The van der Waals surface area contributed by atoms with Crippen molar-refractivity contribution in [1.29, 1.82) is 5.26 Å². The van der Waals surface area contributed by atoms with Crippen LogP contribution in [-0.2, 0) is 41.3 Å². The lowest BCUT2D eigenvalue weighted by Crippen LogP contribution is -2.47. The van der Waals surface area contributed by atoms with Gasteiger partial charge in [-0.15, -0.1) is 0 Å². The molecular weight excluding hydrogens is 724 g/mol. The van der Waals surface area contributed by atoms with Gasteiger partial charge in [-0.05, 0) is 124 Å². The number of amides is 1. The number of carbonyl (C=O) groups is 2. The van der Waals surface area contributed by atoms with Gasteiger partial charge in [0.25, 0.3) is 5.91 Å². The van der Waals surface area contributed by atoms with E-state index in [-0.39, 0.29) is 35.3 Å². The number of thiocarbonyl (C=S) groups is 1. The van der Waals surface area contributed by atoms with Gasteiger partial charge in [-0.25, -0.2) is 0 Å². The second-order valence-corrected chi connectivity index (χ2v) is 15.9. The Morgan fingerprint density at radius 3 is 1.98 bits per heavy atom. The number of ether oxygens (including phenoxy) is 5. The summed E-state index contributed by atoms with van der Waals surface area (Å²) in [5.41, 5.74) is -1.83. The monoisotopic (exact) mass is 771 g/mol. The summed E-state index contributed by atoms with van der Waals surface area (Å²) in [6, 6.07) is 11.9. The van der Waals surface area contributed by atoms with Crippen LogP contribution in [0.25, 0.3) is 0 Å². The molecule has 14 heteroatoms. The summed E-state index contributed by atoms with van der Waals surface area (Å²) in [5, 5.41) is 9.21. The molecule has 0 unspecified atom stereocenters. The highest BCUT2D eigenvalue weighted by atomic mass is 32.1. The Balaban J connectivity index is 0.818. The van der Waals surface area contributed by atoms with Crippen molar-refractivity contribution in [2.24, 2.45) is 23.2 Å². The molecule has 4 saturated carbocycles. The van der Waals surface area contributed by atoms with Crippen molar-refractivity contribution in [3.8, 4) is 11.8 Å². The average Bonchev–Trinajstić information content (AvgIpc) is 3.28. The fraction of sp³-hybridized carbons (Fsp3) is 0.600. The van der Waals surface area contributed by atoms with Crippen LogP contribution in [0.5, 0.6) is 5.75 Å². The fourth-order valence-corrected chi connectivity index (χ4v) is 9.53. The number of nitriles is 1. The molecule has 1 saturated heterocycles. The van der Waals surface area contributed by atoms with Crippen LogP contribution >= 0.6 is 12.2 Å². The summed E-state index contributed by atoms with van der Waals surface area (Å²) in [6.45, 7) is 6.46. The summed E-state index contributed by atoms with van der Waals surface area (Å²) in [6.07, 6.45) is 3.47. The third-order valence-electron chi connectivity index (χ3n) is 11.2. The zero-order valence-electron chi connectivity index (χ0n) is 30.8. The molecule has 4 bridgehead atoms. The van der Waals surface area contributed by atoms with E-state index in [2.05, 4.69) is 0 Å². The lowest BCUT2D eigenvalue weighted by molar-refractivity contribution is -0.153. The highest BCUT2D eigenvalue weighted by Gasteiger charge is 2.52. The van der Waals surface area contributed by atoms with Crippen molar-refractivity contribution in [1.82, 2.24) is 4.90 Å². The van der Waals surface area contributed by atoms with Crippen LogP contribution in [0.1, 0.15) is 75.5 Å². The van der Waals surface area contributed by atoms with Gasteiger partial charge >= 0.3 is 12.1 Å². The first-order valence-corrected chi connectivity index (χ1v) is 19.1. The maximum Gasteiger partial charge on any atom is 0.417 e. The Morgan fingerprint density at radius 1 is 0.870 bits per heavy atom. The van der Waals surface area contributed by atoms with E-state index >= 15 is 0 Å². The number of rotatable bonds is 18. The van der Waals surface area contributed by atoms with Crippen molar-refractivity contribution in [3.63, 3.8) is 0 Å². The summed E-state index contributed by atoms with van der Waals surface area (Å²) in [4.78, 5) is 28.7. The van der Waals surface area contributed by atoms with E-state index in [1.807, 2.05) is 12.1 Å². The molecule has 292 valence electrons. The zero-order valence-corrected chi connectivity index (χ0v) is 31.6. The number of anilines is 1. The molecule has 7 rings (SSSR count). The topological polar surface area (TPSA) is 111 Å². The number of hydrogen-bond acceptors (Lipinski definition) is 9. The van der Waals surface area contributed by atoms with E-state index in [0.29, 0.717) is 58.4 Å². The van der Waals surface area contributed by atoms with Crippen molar-refractivity contribution < 1.29 is 46.4 Å². The Morgan fingerprint density at radius 2 is 1.43 bits per heavy atom. The van der Waals surface area contributed by atoms with Crippen LogP contribution in [-0.4, -0.2) is 80.3 Å². The highest BCUT2D eigenvalue weighted by molar-refractivity contribution is 7.80. The zero-order chi connectivity index (χ0) is 38.5. The number of alkyl halides is 3. The molecule has 0 spiro atoms. The van der Waals surface area contributed by atoms with Crippen LogP contribution in [0, 0.1) is 34.5 Å². The largest absolute Gasteiger partial charge is 0.491 e. The minimum atomic E-state index is -4.77. The van der Waals surface area contributed by atoms with Crippen molar-refractivity contribution in [2.75, 3.05) is 57.8 Å². The minimum Gasteiger partial charge on any atom is -0.491 e. The Hall–Kier alpha value is -3.77. The minimum absolute atomic E-state index is 0.0499. The van der Waals surface area contributed by atoms with E-state index in [1.54, 1.807) is 36.9 Å². The van der Waals surface area contributed by atoms with E-state index in [9.17, 15) is 22.8 Å². The Labute approximate surface area is 319 Å². The van der Waals surface area contributed by atoms with Gasteiger partial charge in [-0.2, -0.15) is 18.4 Å². The first kappa shape index (κ1) is 39.9. The van der Waals surface area contributed by atoms with Gasteiger partial charge in [0.2, 0.25) is 0 Å². The molecule has 0 N–H and O–H groups in total. The van der Waals surface area contributed by atoms with Crippen molar-refractivity contribution in [2.45, 2.75) is 77.1 Å². The number of hydrogen-bond donors (Lipinski definition) is 0. The standard InChI is InChI=1S/C40H48F3N3O7S/c1-38(2)36(48)46(32-6-5-31(25-44)34(20-32)40(41,42)43)37(54)45(38)26-27-3-7-33(8-4-27)52-15-13-50-11-9-49-10-12-51-14-16-53-35(47)24-39-21-28-17-29(22-39)19-30(18-28)23-39/h3-8,20,28-30H,9-19,21-24,26H2,1-2H3. The summed E-state index contributed by atoms with van der Waals surface area (Å²) < 4.78 is 68.8. The molecule has 2 aromatic rings. The van der Waals surface area contributed by atoms with Gasteiger partial charge in [0.1, 0.15) is 24.5 Å². The highest BCUT2D eigenvalue weighted by Crippen LogP contribution is 2.61. The molecule has 5 fully saturated rings. The van der Waals surface area contributed by atoms with Gasteiger partial charge in [0, 0.05) is 6.54 Å². The maximum absolute atomic E-state index is 13.6. The maximum atomic E-state index is 13.6. The Kier molecular flexibility index (Phi) is 12.5. The van der Waals surface area contributed by atoms with E-state index in [4.69, 9.17) is 41.2 Å². The van der Waals surface area contributed by atoms with Crippen LogP contribution in [0.15, 0.2) is 42.5 Å². The van der Waals surface area contributed by atoms with Crippen molar-refractivity contribution >= 4 is 34.9 Å². The molecule has 5 aliphatic rings. The molecule has 2 aromatic carbocycles. The number of nitrogens with zero attached hydrogens (tertiary/aromatic N) is 3. The third kappa shape index (κ3) is 9.36. The Bertz CT molecular complexity index is 1680. The number of halogens is 3. The second-order valence-electron chi connectivity index (χ2n) is 15.6. The van der Waals surface area contributed by atoms with Gasteiger partial charge < -0.3 is 28.6 Å². The average molecular weight is 772 g/mol. The first-order valence-electron chi connectivity index (χ1n) is 18.7. The third-order valence-corrected chi connectivity index (χ3v) is 11.6. The molecule has 1 heterocycles. The molecular formula is C40H48F3N3O7S. The predicted molar refractivity (Wildman–Crippen MR) is 196 cm³/mol.